The molecular formula is C25H34N4O4S. The first-order chi connectivity index (χ1) is 16.3. The molecule has 7 rings (SSSR count). The molecule has 6 atom stereocenters. The average Bonchev–Trinajstić information content (AvgIpc) is 3.35. The molecule has 4 aliphatic carbocycles. The van der Waals surface area contributed by atoms with E-state index < -0.39 is 10.0 Å². The van der Waals surface area contributed by atoms with Crippen LogP contribution in [0.1, 0.15) is 51.4 Å². The van der Waals surface area contributed by atoms with Crippen LogP contribution in [-0.4, -0.2) is 62.9 Å². The van der Waals surface area contributed by atoms with Gasteiger partial charge in [0.15, 0.2) is 5.03 Å². The predicted molar refractivity (Wildman–Crippen MR) is 126 cm³/mol. The van der Waals surface area contributed by atoms with Gasteiger partial charge in [-0.2, -0.15) is 9.29 Å². The predicted octanol–water partition coefficient (Wildman–Crippen LogP) is 2.40. The third kappa shape index (κ3) is 2.60. The lowest BCUT2D eigenvalue weighted by Gasteiger charge is -2.73. The van der Waals surface area contributed by atoms with Gasteiger partial charge in [-0.15, -0.1) is 0 Å². The summed E-state index contributed by atoms with van der Waals surface area (Å²) in [6, 6.07) is 3.13. The Kier molecular flexibility index (Phi) is 4.47. The Hall–Kier alpha value is -1.87. The molecule has 5 fully saturated rings. The molecule has 4 unspecified atom stereocenters. The first-order valence-corrected chi connectivity index (χ1v) is 14.4. The Morgan fingerprint density at radius 3 is 2.74 bits per heavy atom. The molecule has 2 bridgehead atoms. The van der Waals surface area contributed by atoms with Crippen LogP contribution in [0.4, 0.5) is 5.69 Å². The van der Waals surface area contributed by atoms with Crippen molar-refractivity contribution in [2.45, 2.75) is 62.4 Å². The summed E-state index contributed by atoms with van der Waals surface area (Å²) in [5.74, 6) is 2.94. The van der Waals surface area contributed by atoms with E-state index in [1.54, 1.807) is 16.4 Å². The summed E-state index contributed by atoms with van der Waals surface area (Å²) in [6.07, 6.45) is 8.56. The van der Waals surface area contributed by atoms with E-state index >= 15 is 0 Å². The van der Waals surface area contributed by atoms with Crippen molar-refractivity contribution < 1.29 is 17.9 Å². The highest BCUT2D eigenvalue weighted by atomic mass is 32.2. The number of piperidine rings is 1. The van der Waals surface area contributed by atoms with Gasteiger partial charge < -0.3 is 15.0 Å². The molecular weight excluding hydrogens is 452 g/mol. The molecule has 1 saturated heterocycles. The zero-order valence-electron chi connectivity index (χ0n) is 19.8. The number of rotatable bonds is 5. The minimum absolute atomic E-state index is 0.0314. The van der Waals surface area contributed by atoms with Crippen LogP contribution < -0.4 is 15.0 Å². The summed E-state index contributed by atoms with van der Waals surface area (Å²) >= 11 is 0. The molecule has 2 aliphatic heterocycles. The fourth-order valence-electron chi connectivity index (χ4n) is 8.93. The van der Waals surface area contributed by atoms with Crippen LogP contribution in [0.5, 0.6) is 5.88 Å². The molecule has 9 heteroatoms. The summed E-state index contributed by atoms with van der Waals surface area (Å²) in [4.78, 5) is 19.9. The van der Waals surface area contributed by atoms with Crippen LogP contribution in [-0.2, 0) is 14.8 Å². The fraction of sp³-hybridized carbons (Fsp3) is 0.760. The SMILES string of the molecule is CN1CCOc2nc(S(=O)(=O)N3CCCCC3CNC(=O)C34C[C@H]5CC6C[C@@H](C3)C54C6)ccc21. The second-order valence-electron chi connectivity index (χ2n) is 11.7. The van der Waals surface area contributed by atoms with Gasteiger partial charge in [-0.25, -0.2) is 8.42 Å². The van der Waals surface area contributed by atoms with Gasteiger partial charge in [0.1, 0.15) is 6.61 Å². The van der Waals surface area contributed by atoms with Crippen molar-refractivity contribution in [2.75, 3.05) is 38.2 Å². The van der Waals surface area contributed by atoms with E-state index in [1.807, 2.05) is 11.9 Å². The molecule has 3 heterocycles. The van der Waals surface area contributed by atoms with Gasteiger partial charge in [0.25, 0.3) is 10.0 Å². The van der Waals surface area contributed by atoms with Gasteiger partial charge in [0.05, 0.1) is 17.6 Å². The fourth-order valence-corrected chi connectivity index (χ4v) is 10.6. The number of carbonyl (C=O) groups is 1. The molecule has 1 spiro atoms. The summed E-state index contributed by atoms with van der Waals surface area (Å²) < 4.78 is 34.5. The summed E-state index contributed by atoms with van der Waals surface area (Å²) in [7, 11) is -1.83. The van der Waals surface area contributed by atoms with Gasteiger partial charge in [0.2, 0.25) is 11.8 Å². The molecule has 1 aromatic rings. The first kappa shape index (κ1) is 21.4. The van der Waals surface area contributed by atoms with Gasteiger partial charge in [-0.3, -0.25) is 4.79 Å². The van der Waals surface area contributed by atoms with Crippen LogP contribution in [0.15, 0.2) is 17.2 Å². The van der Waals surface area contributed by atoms with Crippen molar-refractivity contribution in [3.63, 3.8) is 0 Å². The Bertz CT molecular complexity index is 1140. The molecule has 1 N–H and O–H groups in total. The number of hydrogen-bond donors (Lipinski definition) is 1. The van der Waals surface area contributed by atoms with Gasteiger partial charge in [-0.1, -0.05) is 6.42 Å². The lowest BCUT2D eigenvalue weighted by molar-refractivity contribution is -0.249. The molecule has 184 valence electrons. The quantitative estimate of drug-likeness (QED) is 0.687. The molecule has 34 heavy (non-hydrogen) atoms. The molecule has 6 aliphatic rings. The number of nitrogens with one attached hydrogen (secondary N) is 1. The Morgan fingerprint density at radius 1 is 1.18 bits per heavy atom. The molecule has 0 aromatic carbocycles. The van der Waals surface area contributed by atoms with E-state index in [-0.39, 0.29) is 22.4 Å². The maximum Gasteiger partial charge on any atom is 0.260 e. The number of anilines is 1. The van der Waals surface area contributed by atoms with Crippen LogP contribution in [0.3, 0.4) is 0 Å². The van der Waals surface area contributed by atoms with E-state index in [4.69, 9.17) is 4.74 Å². The van der Waals surface area contributed by atoms with Crippen molar-refractivity contribution in [1.29, 1.82) is 0 Å². The minimum atomic E-state index is -3.78. The van der Waals surface area contributed by atoms with Crippen LogP contribution >= 0.6 is 0 Å². The van der Waals surface area contributed by atoms with Crippen LogP contribution in [0.25, 0.3) is 0 Å². The second-order valence-corrected chi connectivity index (χ2v) is 13.5. The van der Waals surface area contributed by atoms with E-state index in [0.717, 1.165) is 62.1 Å². The number of nitrogens with zero attached hydrogens (tertiary/aromatic N) is 3. The van der Waals surface area contributed by atoms with Crippen molar-refractivity contribution in [3.05, 3.63) is 12.1 Å². The maximum absolute atomic E-state index is 13.6. The van der Waals surface area contributed by atoms with Crippen molar-refractivity contribution in [1.82, 2.24) is 14.6 Å². The minimum Gasteiger partial charge on any atom is -0.474 e. The van der Waals surface area contributed by atoms with E-state index in [1.165, 1.54) is 19.3 Å². The van der Waals surface area contributed by atoms with Gasteiger partial charge in [-0.05, 0) is 80.2 Å². The lowest BCUT2D eigenvalue weighted by Crippen LogP contribution is -2.73. The normalized spacial score (nSPS) is 40.0. The smallest absolute Gasteiger partial charge is 0.260 e. The third-order valence-electron chi connectivity index (χ3n) is 10.4. The number of likely N-dealkylation sites (N-methyl/N-ethyl adjacent to an activating group) is 1. The molecule has 8 nitrogen and oxygen atoms in total. The Balaban J connectivity index is 1.08. The summed E-state index contributed by atoms with van der Waals surface area (Å²) in [5.41, 5.74) is 0.945. The third-order valence-corrected chi connectivity index (χ3v) is 12.2. The number of fused-ring (bicyclic) bond motifs is 2. The Labute approximate surface area is 201 Å². The summed E-state index contributed by atoms with van der Waals surface area (Å²) in [5, 5.41) is 3.27. The number of hydrogen-bond acceptors (Lipinski definition) is 6. The molecule has 1 amide bonds. The highest BCUT2D eigenvalue weighted by Crippen LogP contribution is 2.86. The maximum atomic E-state index is 13.6. The highest BCUT2D eigenvalue weighted by molar-refractivity contribution is 7.89. The zero-order chi connectivity index (χ0) is 23.3. The number of sulfonamides is 1. The second kappa shape index (κ2) is 7.09. The topological polar surface area (TPSA) is 91.8 Å². The largest absolute Gasteiger partial charge is 0.474 e. The number of ether oxygens (including phenoxy) is 1. The highest BCUT2D eigenvalue weighted by Gasteiger charge is 2.83. The average molecular weight is 487 g/mol. The molecule has 4 saturated carbocycles. The molecule has 0 radical (unpaired) electrons. The zero-order valence-corrected chi connectivity index (χ0v) is 20.6. The van der Waals surface area contributed by atoms with Crippen LogP contribution in [0, 0.1) is 28.6 Å². The van der Waals surface area contributed by atoms with Gasteiger partial charge >= 0.3 is 0 Å². The van der Waals surface area contributed by atoms with E-state index in [0.29, 0.717) is 31.0 Å². The van der Waals surface area contributed by atoms with Crippen LogP contribution in [0.2, 0.25) is 0 Å². The van der Waals surface area contributed by atoms with E-state index in [2.05, 4.69) is 10.3 Å². The number of pyridine rings is 1. The Morgan fingerprint density at radius 2 is 1.97 bits per heavy atom. The van der Waals surface area contributed by atoms with Crippen molar-refractivity contribution >= 4 is 21.6 Å². The monoisotopic (exact) mass is 486 g/mol. The lowest BCUT2D eigenvalue weighted by atomic mass is 9.30. The van der Waals surface area contributed by atoms with Crippen molar-refractivity contribution in [2.24, 2.45) is 28.6 Å². The van der Waals surface area contributed by atoms with Gasteiger partial charge in [0, 0.05) is 26.2 Å². The molecule has 1 aromatic heterocycles. The summed E-state index contributed by atoms with van der Waals surface area (Å²) in [6.45, 7) is 2.09. The number of carbonyl (C=O) groups excluding carboxylic acids is 1. The number of amides is 1. The van der Waals surface area contributed by atoms with Crippen molar-refractivity contribution in [3.8, 4) is 5.88 Å². The first-order valence-electron chi connectivity index (χ1n) is 13.0. The standard InChI is InChI=1S/C25H34N4O4S/c1-28-8-9-33-22-20(28)5-6-21(27-22)34(31,32)29-7-3-2-4-19(29)15-26-23(30)24-13-17-10-16-11-18(14-24)25(17,24)12-16/h5-6,16-19H,2-4,7-15H2,1H3,(H,26,30)/t16?,17-,18+,19?,24?,25?. The number of aromatic nitrogens is 1. The van der Waals surface area contributed by atoms with E-state index in [9.17, 15) is 13.2 Å².